The molecule has 7 nitrogen and oxygen atoms in total. The summed E-state index contributed by atoms with van der Waals surface area (Å²) in [5, 5.41) is 11.9. The molecule has 1 saturated carbocycles. The van der Waals surface area contributed by atoms with Crippen molar-refractivity contribution in [2.24, 2.45) is 0 Å². The molecule has 21 heavy (non-hydrogen) atoms. The van der Waals surface area contributed by atoms with Crippen LogP contribution in [0.1, 0.15) is 39.0 Å². The van der Waals surface area contributed by atoms with Crippen LogP contribution < -0.4 is 5.32 Å². The Morgan fingerprint density at radius 2 is 2.05 bits per heavy atom. The SMILES string of the molecule is CCC1(NC(=O)N2CCS(=O)(=O)CC2CC(=O)O)CCC1. The summed E-state index contributed by atoms with van der Waals surface area (Å²) in [4.78, 5) is 24.7. The number of carboxylic acid groups (broad SMARTS) is 1. The van der Waals surface area contributed by atoms with Crippen LogP contribution in [0, 0.1) is 0 Å². The number of carbonyl (C=O) groups excluding carboxylic acids is 1. The highest BCUT2D eigenvalue weighted by Crippen LogP contribution is 2.35. The van der Waals surface area contributed by atoms with Gasteiger partial charge in [0.25, 0.3) is 0 Å². The van der Waals surface area contributed by atoms with Crippen LogP contribution >= 0.6 is 0 Å². The van der Waals surface area contributed by atoms with Crippen molar-refractivity contribution in [1.82, 2.24) is 10.2 Å². The first-order valence-electron chi connectivity index (χ1n) is 7.28. The predicted molar refractivity (Wildman–Crippen MR) is 76.8 cm³/mol. The zero-order valence-electron chi connectivity index (χ0n) is 12.2. The minimum absolute atomic E-state index is 0.0614. The molecule has 0 radical (unpaired) electrons. The third-order valence-electron chi connectivity index (χ3n) is 4.56. The molecule has 2 amide bonds. The summed E-state index contributed by atoms with van der Waals surface area (Å²) in [7, 11) is -3.27. The fourth-order valence-corrected chi connectivity index (χ4v) is 4.52. The van der Waals surface area contributed by atoms with Crippen LogP contribution in [0.15, 0.2) is 0 Å². The summed E-state index contributed by atoms with van der Waals surface area (Å²) in [6.45, 7) is 2.07. The molecule has 0 aromatic heterocycles. The van der Waals surface area contributed by atoms with E-state index in [2.05, 4.69) is 5.32 Å². The number of nitrogens with zero attached hydrogens (tertiary/aromatic N) is 1. The first-order chi connectivity index (χ1) is 9.77. The number of hydrogen-bond donors (Lipinski definition) is 2. The van der Waals surface area contributed by atoms with Gasteiger partial charge in [0.05, 0.1) is 24.0 Å². The van der Waals surface area contributed by atoms with E-state index >= 15 is 0 Å². The lowest BCUT2D eigenvalue weighted by Gasteiger charge is -2.44. The molecule has 0 aromatic rings. The van der Waals surface area contributed by atoms with E-state index in [0.29, 0.717) is 0 Å². The van der Waals surface area contributed by atoms with Crippen molar-refractivity contribution in [2.45, 2.75) is 50.6 Å². The maximum Gasteiger partial charge on any atom is 0.318 e. The van der Waals surface area contributed by atoms with Crippen molar-refractivity contribution >= 4 is 21.8 Å². The molecular weight excluding hydrogens is 296 g/mol. The maximum atomic E-state index is 12.4. The highest BCUT2D eigenvalue weighted by Gasteiger charge is 2.41. The fraction of sp³-hybridized carbons (Fsp3) is 0.846. The number of hydrogen-bond acceptors (Lipinski definition) is 4. The van der Waals surface area contributed by atoms with Crippen LogP contribution in [-0.4, -0.2) is 60.1 Å². The zero-order valence-corrected chi connectivity index (χ0v) is 13.0. The largest absolute Gasteiger partial charge is 0.481 e. The van der Waals surface area contributed by atoms with E-state index in [0.717, 1.165) is 25.7 Å². The van der Waals surface area contributed by atoms with Gasteiger partial charge in [-0.25, -0.2) is 13.2 Å². The van der Waals surface area contributed by atoms with Gasteiger partial charge < -0.3 is 15.3 Å². The topological polar surface area (TPSA) is 104 Å². The summed E-state index contributed by atoms with van der Waals surface area (Å²) >= 11 is 0. The molecule has 0 bridgehead atoms. The van der Waals surface area contributed by atoms with Crippen molar-refractivity contribution in [2.75, 3.05) is 18.1 Å². The minimum Gasteiger partial charge on any atom is -0.481 e. The van der Waals surface area contributed by atoms with Gasteiger partial charge in [0.15, 0.2) is 9.84 Å². The zero-order chi connectivity index (χ0) is 15.7. The van der Waals surface area contributed by atoms with E-state index < -0.39 is 21.8 Å². The molecule has 1 heterocycles. The molecule has 0 spiro atoms. The average molecular weight is 318 g/mol. The summed E-state index contributed by atoms with van der Waals surface area (Å²) in [6, 6.07) is -1.12. The smallest absolute Gasteiger partial charge is 0.318 e. The van der Waals surface area contributed by atoms with Gasteiger partial charge in [0.2, 0.25) is 0 Å². The number of sulfone groups is 1. The van der Waals surface area contributed by atoms with Gasteiger partial charge in [-0.1, -0.05) is 6.92 Å². The Morgan fingerprint density at radius 1 is 1.38 bits per heavy atom. The minimum atomic E-state index is -3.27. The number of aliphatic carboxylic acids is 1. The highest BCUT2D eigenvalue weighted by atomic mass is 32.2. The second-order valence-corrected chi connectivity index (χ2v) is 8.21. The van der Waals surface area contributed by atoms with E-state index in [1.165, 1.54) is 4.90 Å². The first-order valence-corrected chi connectivity index (χ1v) is 9.10. The second kappa shape index (κ2) is 5.82. The molecule has 1 saturated heterocycles. The highest BCUT2D eigenvalue weighted by molar-refractivity contribution is 7.91. The molecule has 1 aliphatic heterocycles. The molecule has 120 valence electrons. The first kappa shape index (κ1) is 16.1. The molecule has 2 N–H and O–H groups in total. The maximum absolute atomic E-state index is 12.4. The average Bonchev–Trinajstić information content (AvgIpc) is 2.31. The normalized spacial score (nSPS) is 26.7. The van der Waals surface area contributed by atoms with E-state index in [1.807, 2.05) is 6.92 Å². The number of urea groups is 1. The Bertz CT molecular complexity index is 521. The predicted octanol–water partition coefficient (Wildman–Crippen LogP) is 0.602. The third-order valence-corrected chi connectivity index (χ3v) is 6.26. The second-order valence-electron chi connectivity index (χ2n) is 5.98. The molecular formula is C13H22N2O5S. The lowest BCUT2D eigenvalue weighted by molar-refractivity contribution is -0.138. The Morgan fingerprint density at radius 3 is 2.52 bits per heavy atom. The van der Waals surface area contributed by atoms with Crippen molar-refractivity contribution in [1.29, 1.82) is 0 Å². The number of rotatable bonds is 4. The van der Waals surface area contributed by atoms with Crippen LogP contribution in [-0.2, 0) is 14.6 Å². The number of carbonyl (C=O) groups is 2. The molecule has 8 heteroatoms. The van der Waals surface area contributed by atoms with Gasteiger partial charge in [0.1, 0.15) is 0 Å². The molecule has 0 aromatic carbocycles. The van der Waals surface area contributed by atoms with Gasteiger partial charge in [-0.3, -0.25) is 4.79 Å². The van der Waals surface area contributed by atoms with Crippen LogP contribution in [0.4, 0.5) is 4.79 Å². The number of amides is 2. The lowest BCUT2D eigenvalue weighted by atomic mass is 9.75. The van der Waals surface area contributed by atoms with Gasteiger partial charge in [-0.2, -0.15) is 0 Å². The lowest BCUT2D eigenvalue weighted by Crippen LogP contribution is -2.61. The van der Waals surface area contributed by atoms with Gasteiger partial charge in [0, 0.05) is 12.1 Å². The molecule has 2 fully saturated rings. The Balaban J connectivity index is 2.08. The van der Waals surface area contributed by atoms with Crippen LogP contribution in [0.3, 0.4) is 0 Å². The Hall–Kier alpha value is -1.31. The van der Waals surface area contributed by atoms with Crippen molar-refractivity contribution in [3.05, 3.63) is 0 Å². The van der Waals surface area contributed by atoms with Gasteiger partial charge >= 0.3 is 12.0 Å². The summed E-state index contributed by atoms with van der Waals surface area (Å²) in [5.74, 6) is -1.47. The van der Waals surface area contributed by atoms with Crippen LogP contribution in [0.25, 0.3) is 0 Å². The van der Waals surface area contributed by atoms with Crippen molar-refractivity contribution in [3.8, 4) is 0 Å². The third kappa shape index (κ3) is 3.66. The molecule has 2 aliphatic rings. The van der Waals surface area contributed by atoms with Crippen LogP contribution in [0.5, 0.6) is 0 Å². The van der Waals surface area contributed by atoms with Crippen molar-refractivity contribution < 1.29 is 23.1 Å². The van der Waals surface area contributed by atoms with E-state index in [4.69, 9.17) is 5.11 Å². The van der Waals surface area contributed by atoms with E-state index in [9.17, 15) is 18.0 Å². The number of carboxylic acids is 1. The van der Waals surface area contributed by atoms with Crippen molar-refractivity contribution in [3.63, 3.8) is 0 Å². The van der Waals surface area contributed by atoms with E-state index in [-0.39, 0.29) is 36.0 Å². The quantitative estimate of drug-likeness (QED) is 0.790. The molecule has 1 unspecified atom stereocenters. The summed E-state index contributed by atoms with van der Waals surface area (Å²) in [5.41, 5.74) is -0.193. The summed E-state index contributed by atoms with van der Waals surface area (Å²) < 4.78 is 23.3. The Kier molecular flexibility index (Phi) is 4.46. The summed E-state index contributed by atoms with van der Waals surface area (Å²) in [6.07, 6.45) is 3.40. The van der Waals surface area contributed by atoms with Gasteiger partial charge in [-0.05, 0) is 25.7 Å². The standard InChI is InChI=1S/C13H22N2O5S/c1-2-13(4-3-5-13)14-12(18)15-6-7-21(19,20)9-10(15)8-11(16)17/h10H,2-9H2,1H3,(H,14,18)(H,16,17). The molecule has 2 rings (SSSR count). The molecule has 1 atom stereocenters. The monoisotopic (exact) mass is 318 g/mol. The molecule has 1 aliphatic carbocycles. The fourth-order valence-electron chi connectivity index (χ4n) is 2.99. The van der Waals surface area contributed by atoms with Crippen LogP contribution in [0.2, 0.25) is 0 Å². The van der Waals surface area contributed by atoms with Gasteiger partial charge in [-0.15, -0.1) is 0 Å². The van der Waals surface area contributed by atoms with E-state index in [1.54, 1.807) is 0 Å². The Labute approximate surface area is 124 Å². The number of nitrogens with one attached hydrogen (secondary N) is 1.